The van der Waals surface area contributed by atoms with Gasteiger partial charge in [0.25, 0.3) is 0 Å². The topological polar surface area (TPSA) is 68.0 Å². The van der Waals surface area contributed by atoms with Gasteiger partial charge >= 0.3 is 0 Å². The first-order valence-electron chi connectivity index (χ1n) is 8.56. The number of imidazole rings is 1. The van der Waals surface area contributed by atoms with Gasteiger partial charge in [-0.25, -0.2) is 4.98 Å². The number of ether oxygens (including phenoxy) is 2. The largest absolute Gasteiger partial charge is 0.504 e. The summed E-state index contributed by atoms with van der Waals surface area (Å²) in [6.07, 6.45) is 4.37. The van der Waals surface area contributed by atoms with Crippen molar-refractivity contribution in [3.63, 3.8) is 0 Å². The summed E-state index contributed by atoms with van der Waals surface area (Å²) in [6.45, 7) is 1.55. The fourth-order valence-corrected chi connectivity index (χ4v) is 3.57. The Bertz CT molecular complexity index is 935. The molecule has 2 aromatic heterocycles. The van der Waals surface area contributed by atoms with Gasteiger partial charge in [-0.05, 0) is 59.1 Å². The molecular weight excluding hydrogens is 398 g/mol. The van der Waals surface area contributed by atoms with Crippen molar-refractivity contribution >= 4 is 27.4 Å². The second-order valence-electron chi connectivity index (χ2n) is 6.29. The molecule has 0 bridgehead atoms. The van der Waals surface area contributed by atoms with Crippen LogP contribution >= 0.6 is 15.9 Å². The first kappa shape index (κ1) is 17.2. The Morgan fingerprint density at radius 2 is 2.27 bits per heavy atom. The lowest BCUT2D eigenvalue weighted by molar-refractivity contribution is 0.120. The van der Waals surface area contributed by atoms with Crippen LogP contribution in [0.1, 0.15) is 12.8 Å². The molecular formula is C19H20BrN3O3. The third-order valence-electron chi connectivity index (χ3n) is 4.56. The minimum atomic E-state index is 0.108. The van der Waals surface area contributed by atoms with Crippen LogP contribution in [0.3, 0.4) is 0 Å². The maximum Gasteiger partial charge on any atom is 0.161 e. The van der Waals surface area contributed by atoms with Crippen molar-refractivity contribution in [1.82, 2.24) is 9.38 Å². The number of phenolic OH excluding ortho intramolecular Hbond substituents is 1. The highest BCUT2D eigenvalue weighted by molar-refractivity contribution is 9.10. The van der Waals surface area contributed by atoms with Crippen molar-refractivity contribution in [1.29, 1.82) is 0 Å². The van der Waals surface area contributed by atoms with Crippen LogP contribution in [0.5, 0.6) is 11.5 Å². The summed E-state index contributed by atoms with van der Waals surface area (Å²) in [5.41, 5.74) is 2.51. The molecule has 4 rings (SSSR count). The van der Waals surface area contributed by atoms with Crippen LogP contribution in [0.4, 0.5) is 5.82 Å². The van der Waals surface area contributed by atoms with Crippen LogP contribution in [0, 0.1) is 0 Å². The van der Waals surface area contributed by atoms with E-state index in [1.165, 1.54) is 7.11 Å². The Kier molecular flexibility index (Phi) is 4.74. The second-order valence-corrected chi connectivity index (χ2v) is 7.20. The van der Waals surface area contributed by atoms with E-state index >= 15 is 0 Å². The number of halogens is 1. The zero-order chi connectivity index (χ0) is 18.1. The van der Waals surface area contributed by atoms with Gasteiger partial charge in [-0.2, -0.15) is 0 Å². The molecule has 6 nitrogen and oxygen atoms in total. The molecule has 26 heavy (non-hydrogen) atoms. The van der Waals surface area contributed by atoms with E-state index < -0.39 is 0 Å². The lowest BCUT2D eigenvalue weighted by atomic mass is 10.1. The Hall–Kier alpha value is -2.25. The zero-order valence-corrected chi connectivity index (χ0v) is 16.0. The van der Waals surface area contributed by atoms with Gasteiger partial charge in [-0.1, -0.05) is 0 Å². The number of methoxy groups -OCH3 is 1. The van der Waals surface area contributed by atoms with E-state index in [1.807, 2.05) is 28.8 Å². The van der Waals surface area contributed by atoms with E-state index in [0.29, 0.717) is 5.75 Å². The minimum absolute atomic E-state index is 0.108. The summed E-state index contributed by atoms with van der Waals surface area (Å²) in [5, 5.41) is 13.4. The predicted octanol–water partition coefficient (Wildman–Crippen LogP) is 4.07. The van der Waals surface area contributed by atoms with E-state index in [2.05, 4.69) is 21.2 Å². The second kappa shape index (κ2) is 7.17. The predicted molar refractivity (Wildman–Crippen MR) is 104 cm³/mol. The SMILES string of the molecule is COc1cc(-c2nc3ccc(Br)cn3c2NC[C@@H]2CCCO2)ccc1O. The number of anilines is 1. The highest BCUT2D eigenvalue weighted by Crippen LogP contribution is 2.35. The summed E-state index contributed by atoms with van der Waals surface area (Å²) in [4.78, 5) is 4.78. The number of aromatic hydroxyl groups is 1. The number of pyridine rings is 1. The van der Waals surface area contributed by atoms with Gasteiger partial charge in [0.05, 0.1) is 13.2 Å². The third kappa shape index (κ3) is 3.24. The van der Waals surface area contributed by atoms with Crippen molar-refractivity contribution in [2.24, 2.45) is 0 Å². The molecule has 1 aliphatic heterocycles. The molecule has 3 aromatic rings. The molecule has 0 amide bonds. The summed E-state index contributed by atoms with van der Waals surface area (Å²) in [5.74, 6) is 1.42. The fraction of sp³-hybridized carbons (Fsp3) is 0.316. The van der Waals surface area contributed by atoms with Gasteiger partial charge < -0.3 is 19.9 Å². The lowest BCUT2D eigenvalue weighted by Gasteiger charge is -2.13. The molecule has 0 radical (unpaired) electrons. The number of hydrogen-bond acceptors (Lipinski definition) is 5. The Morgan fingerprint density at radius 3 is 3.04 bits per heavy atom. The molecule has 2 N–H and O–H groups in total. The monoisotopic (exact) mass is 417 g/mol. The molecule has 1 aromatic carbocycles. The van der Waals surface area contributed by atoms with Gasteiger partial charge in [-0.15, -0.1) is 0 Å². The summed E-state index contributed by atoms with van der Waals surface area (Å²) < 4.78 is 14.0. The quantitative estimate of drug-likeness (QED) is 0.654. The Morgan fingerprint density at radius 1 is 1.38 bits per heavy atom. The van der Waals surface area contributed by atoms with Crippen LogP contribution in [-0.4, -0.2) is 40.9 Å². The molecule has 0 spiro atoms. The lowest BCUT2D eigenvalue weighted by Crippen LogP contribution is -2.19. The van der Waals surface area contributed by atoms with Gasteiger partial charge in [0, 0.05) is 29.4 Å². The number of aromatic nitrogens is 2. The summed E-state index contributed by atoms with van der Waals surface area (Å²) in [7, 11) is 1.54. The maximum atomic E-state index is 9.89. The average molecular weight is 418 g/mol. The number of fused-ring (bicyclic) bond motifs is 1. The normalized spacial score (nSPS) is 16.9. The fourth-order valence-electron chi connectivity index (χ4n) is 3.23. The van der Waals surface area contributed by atoms with Crippen molar-refractivity contribution in [3.05, 3.63) is 41.0 Å². The smallest absolute Gasteiger partial charge is 0.161 e. The highest BCUT2D eigenvalue weighted by Gasteiger charge is 2.19. The number of phenols is 1. The van der Waals surface area contributed by atoms with Crippen molar-refractivity contribution < 1.29 is 14.6 Å². The Balaban J connectivity index is 1.78. The minimum Gasteiger partial charge on any atom is -0.504 e. The first-order valence-corrected chi connectivity index (χ1v) is 9.35. The van der Waals surface area contributed by atoms with Crippen LogP contribution < -0.4 is 10.1 Å². The van der Waals surface area contributed by atoms with Gasteiger partial charge in [0.15, 0.2) is 11.5 Å². The number of hydrogen-bond donors (Lipinski definition) is 2. The van der Waals surface area contributed by atoms with E-state index in [4.69, 9.17) is 14.5 Å². The molecule has 0 unspecified atom stereocenters. The first-order chi connectivity index (χ1) is 12.7. The summed E-state index contributed by atoms with van der Waals surface area (Å²) in [6, 6.07) is 9.18. The van der Waals surface area contributed by atoms with Crippen LogP contribution in [0.15, 0.2) is 41.0 Å². The summed E-state index contributed by atoms with van der Waals surface area (Å²) >= 11 is 3.53. The van der Waals surface area contributed by atoms with Crippen LogP contribution in [0.25, 0.3) is 16.9 Å². The van der Waals surface area contributed by atoms with Crippen LogP contribution in [0.2, 0.25) is 0 Å². The van der Waals surface area contributed by atoms with Crippen LogP contribution in [-0.2, 0) is 4.74 Å². The molecule has 0 saturated carbocycles. The van der Waals surface area contributed by atoms with E-state index in [0.717, 1.165) is 53.2 Å². The van der Waals surface area contributed by atoms with Gasteiger partial charge in [-0.3, -0.25) is 4.40 Å². The molecule has 136 valence electrons. The molecule has 1 aliphatic rings. The van der Waals surface area contributed by atoms with Gasteiger partial charge in [0.1, 0.15) is 17.2 Å². The number of nitrogens with zero attached hydrogens (tertiary/aromatic N) is 2. The number of nitrogens with one attached hydrogen (secondary N) is 1. The molecule has 7 heteroatoms. The molecule has 1 atom stereocenters. The van der Waals surface area contributed by atoms with E-state index in [-0.39, 0.29) is 11.9 Å². The number of rotatable bonds is 5. The van der Waals surface area contributed by atoms with Gasteiger partial charge in [0.2, 0.25) is 0 Å². The highest BCUT2D eigenvalue weighted by atomic mass is 79.9. The van der Waals surface area contributed by atoms with Crippen molar-refractivity contribution in [2.75, 3.05) is 25.6 Å². The maximum absolute atomic E-state index is 9.89. The van der Waals surface area contributed by atoms with E-state index in [9.17, 15) is 5.11 Å². The van der Waals surface area contributed by atoms with Crippen molar-refractivity contribution in [2.45, 2.75) is 18.9 Å². The van der Waals surface area contributed by atoms with Crippen molar-refractivity contribution in [3.8, 4) is 22.8 Å². The Labute approximate surface area is 159 Å². The molecule has 0 aliphatic carbocycles. The molecule has 3 heterocycles. The van der Waals surface area contributed by atoms with E-state index in [1.54, 1.807) is 12.1 Å². The number of benzene rings is 1. The average Bonchev–Trinajstić information content (AvgIpc) is 3.28. The molecule has 1 fully saturated rings. The standard InChI is InChI=1S/C19H20BrN3O3/c1-25-16-9-12(4-6-15(16)24)18-19(21-10-14-3-2-8-26-14)23-11-13(20)5-7-17(23)22-18/h4-7,9,11,14,21,24H,2-3,8,10H2,1H3/t14-/m0/s1. The zero-order valence-electron chi connectivity index (χ0n) is 14.4. The third-order valence-corrected chi connectivity index (χ3v) is 5.03. The molecule has 1 saturated heterocycles.